The molecule has 3 heteroatoms. The Hall–Kier alpha value is -1.30. The molecule has 0 aromatic heterocycles. The molecule has 0 unspecified atom stereocenters. The summed E-state index contributed by atoms with van der Waals surface area (Å²) in [5.41, 5.74) is 0. The van der Waals surface area contributed by atoms with Crippen LogP contribution in [0.15, 0.2) is 0 Å². The number of unbranched alkanes of at least 4 members (excludes halogenated alkanes) is 4. The first-order valence-corrected chi connectivity index (χ1v) is 5.84. The smallest absolute Gasteiger partial charge is 0.298 e. The van der Waals surface area contributed by atoms with Gasteiger partial charge in [0.05, 0.1) is 0 Å². The SMILES string of the molecule is CCCCCCCC(=O)C#CC(=O)N(C)C. The van der Waals surface area contributed by atoms with Gasteiger partial charge in [-0.1, -0.05) is 32.6 Å². The molecular formula is C13H21NO2. The van der Waals surface area contributed by atoms with Gasteiger partial charge in [-0.3, -0.25) is 9.59 Å². The Morgan fingerprint density at radius 1 is 1.00 bits per heavy atom. The van der Waals surface area contributed by atoms with Gasteiger partial charge in [0.2, 0.25) is 5.78 Å². The first-order chi connectivity index (χ1) is 7.57. The topological polar surface area (TPSA) is 37.4 Å². The molecular weight excluding hydrogens is 202 g/mol. The van der Waals surface area contributed by atoms with Gasteiger partial charge < -0.3 is 4.90 Å². The number of Topliss-reactive ketones (excluding diaryl/α,β-unsaturated/α-hetero) is 1. The molecule has 0 aliphatic rings. The summed E-state index contributed by atoms with van der Waals surface area (Å²) in [5, 5.41) is 0. The van der Waals surface area contributed by atoms with Crippen LogP contribution in [0.3, 0.4) is 0 Å². The van der Waals surface area contributed by atoms with Crippen molar-refractivity contribution < 1.29 is 9.59 Å². The van der Waals surface area contributed by atoms with E-state index in [0.29, 0.717) is 6.42 Å². The van der Waals surface area contributed by atoms with E-state index in [0.717, 1.165) is 12.8 Å². The van der Waals surface area contributed by atoms with Crippen LogP contribution in [0.25, 0.3) is 0 Å². The van der Waals surface area contributed by atoms with Crippen LogP contribution in [-0.4, -0.2) is 30.7 Å². The number of hydrogen-bond acceptors (Lipinski definition) is 2. The summed E-state index contributed by atoms with van der Waals surface area (Å²) < 4.78 is 0. The van der Waals surface area contributed by atoms with Crippen molar-refractivity contribution in [2.75, 3.05) is 14.1 Å². The lowest BCUT2D eigenvalue weighted by Gasteiger charge is -2.02. The molecule has 0 rings (SSSR count). The summed E-state index contributed by atoms with van der Waals surface area (Å²) >= 11 is 0. The van der Waals surface area contributed by atoms with Gasteiger partial charge in [0.15, 0.2) is 0 Å². The monoisotopic (exact) mass is 223 g/mol. The average molecular weight is 223 g/mol. The first-order valence-electron chi connectivity index (χ1n) is 5.84. The van der Waals surface area contributed by atoms with Crippen LogP contribution >= 0.6 is 0 Å². The molecule has 0 saturated heterocycles. The normalized spacial score (nSPS) is 9.19. The highest BCUT2D eigenvalue weighted by Crippen LogP contribution is 2.04. The van der Waals surface area contributed by atoms with Gasteiger partial charge in [-0.05, 0) is 12.3 Å². The molecule has 0 bridgehead atoms. The van der Waals surface area contributed by atoms with E-state index < -0.39 is 0 Å². The van der Waals surface area contributed by atoms with E-state index in [9.17, 15) is 9.59 Å². The summed E-state index contributed by atoms with van der Waals surface area (Å²) in [6.45, 7) is 2.16. The molecule has 0 saturated carbocycles. The predicted molar refractivity (Wildman–Crippen MR) is 64.9 cm³/mol. The number of hydrogen-bond donors (Lipinski definition) is 0. The van der Waals surface area contributed by atoms with Crippen LogP contribution in [0.5, 0.6) is 0 Å². The van der Waals surface area contributed by atoms with E-state index in [2.05, 4.69) is 18.8 Å². The number of carbonyl (C=O) groups excluding carboxylic acids is 2. The summed E-state index contributed by atoms with van der Waals surface area (Å²) in [5.74, 6) is 4.24. The predicted octanol–water partition coefficient (Wildman–Crippen LogP) is 2.01. The number of nitrogens with zero attached hydrogens (tertiary/aromatic N) is 1. The molecule has 0 atom stereocenters. The quantitative estimate of drug-likeness (QED) is 0.392. The molecule has 1 amide bonds. The van der Waals surface area contributed by atoms with Crippen LogP contribution < -0.4 is 0 Å². The second-order valence-electron chi connectivity index (χ2n) is 4.04. The Balaban J connectivity index is 3.70. The Labute approximate surface area is 98.2 Å². The Kier molecular flexibility index (Phi) is 8.24. The number of amides is 1. The summed E-state index contributed by atoms with van der Waals surface area (Å²) in [6.07, 6.45) is 6.02. The maximum atomic E-state index is 11.3. The van der Waals surface area contributed by atoms with E-state index in [1.807, 2.05) is 0 Å². The van der Waals surface area contributed by atoms with Crippen molar-refractivity contribution in [3.05, 3.63) is 0 Å². The van der Waals surface area contributed by atoms with Crippen LogP contribution in [0.4, 0.5) is 0 Å². The molecule has 0 heterocycles. The van der Waals surface area contributed by atoms with E-state index in [-0.39, 0.29) is 11.7 Å². The third kappa shape index (κ3) is 8.05. The minimum absolute atomic E-state index is 0.133. The van der Waals surface area contributed by atoms with E-state index in [4.69, 9.17) is 0 Å². The van der Waals surface area contributed by atoms with Crippen molar-refractivity contribution in [1.29, 1.82) is 0 Å². The maximum Gasteiger partial charge on any atom is 0.298 e. The lowest BCUT2D eigenvalue weighted by Crippen LogP contribution is -2.19. The lowest BCUT2D eigenvalue weighted by molar-refractivity contribution is -0.123. The average Bonchev–Trinajstić information content (AvgIpc) is 2.25. The molecule has 0 aromatic carbocycles. The van der Waals surface area contributed by atoms with E-state index in [1.54, 1.807) is 14.1 Å². The molecule has 3 nitrogen and oxygen atoms in total. The van der Waals surface area contributed by atoms with Gasteiger partial charge in [0.1, 0.15) is 0 Å². The van der Waals surface area contributed by atoms with Gasteiger partial charge in [-0.25, -0.2) is 0 Å². The van der Waals surface area contributed by atoms with Crippen LogP contribution in [-0.2, 0) is 9.59 Å². The molecule has 0 aliphatic heterocycles. The fraction of sp³-hybridized carbons (Fsp3) is 0.692. The van der Waals surface area contributed by atoms with Crippen LogP contribution in [0.1, 0.15) is 45.4 Å². The van der Waals surface area contributed by atoms with Crippen molar-refractivity contribution in [2.45, 2.75) is 45.4 Å². The maximum absolute atomic E-state index is 11.3. The number of ketones is 1. The highest BCUT2D eigenvalue weighted by molar-refractivity contribution is 6.03. The minimum atomic E-state index is -0.320. The third-order valence-corrected chi connectivity index (χ3v) is 2.22. The van der Waals surface area contributed by atoms with Gasteiger partial charge in [0, 0.05) is 26.4 Å². The largest absolute Gasteiger partial charge is 0.338 e. The summed E-state index contributed by atoms with van der Waals surface area (Å²) in [7, 11) is 3.23. The lowest BCUT2D eigenvalue weighted by atomic mass is 10.1. The fourth-order valence-corrected chi connectivity index (χ4v) is 1.19. The van der Waals surface area contributed by atoms with Crippen molar-refractivity contribution >= 4 is 11.7 Å². The Bertz CT molecular complexity index is 284. The summed E-state index contributed by atoms with van der Waals surface area (Å²) in [4.78, 5) is 23.7. The fourth-order valence-electron chi connectivity index (χ4n) is 1.19. The first kappa shape index (κ1) is 14.7. The molecule has 90 valence electrons. The Morgan fingerprint density at radius 2 is 1.62 bits per heavy atom. The van der Waals surface area contributed by atoms with E-state index in [1.165, 1.54) is 24.2 Å². The van der Waals surface area contributed by atoms with Gasteiger partial charge >= 0.3 is 0 Å². The van der Waals surface area contributed by atoms with Crippen molar-refractivity contribution in [3.8, 4) is 11.8 Å². The zero-order valence-electron chi connectivity index (χ0n) is 10.5. The zero-order chi connectivity index (χ0) is 12.4. The Morgan fingerprint density at radius 3 is 2.19 bits per heavy atom. The highest BCUT2D eigenvalue weighted by atomic mass is 16.2. The zero-order valence-corrected chi connectivity index (χ0v) is 10.5. The van der Waals surface area contributed by atoms with Crippen molar-refractivity contribution in [3.63, 3.8) is 0 Å². The molecule has 16 heavy (non-hydrogen) atoms. The van der Waals surface area contributed by atoms with E-state index >= 15 is 0 Å². The second-order valence-corrected chi connectivity index (χ2v) is 4.04. The summed E-state index contributed by atoms with van der Waals surface area (Å²) in [6, 6.07) is 0. The van der Waals surface area contributed by atoms with Crippen molar-refractivity contribution in [2.24, 2.45) is 0 Å². The molecule has 0 spiro atoms. The molecule has 0 aliphatic carbocycles. The molecule has 0 N–H and O–H groups in total. The number of carbonyl (C=O) groups is 2. The molecule has 0 radical (unpaired) electrons. The van der Waals surface area contributed by atoms with Crippen LogP contribution in [0.2, 0.25) is 0 Å². The van der Waals surface area contributed by atoms with Gasteiger partial charge in [-0.2, -0.15) is 0 Å². The standard InChI is InChI=1S/C13H21NO2/c1-4-5-6-7-8-9-12(15)10-11-13(16)14(2)3/h4-9H2,1-3H3. The second kappa shape index (κ2) is 8.96. The molecule has 0 fully saturated rings. The molecule has 0 aromatic rings. The third-order valence-electron chi connectivity index (χ3n) is 2.22. The van der Waals surface area contributed by atoms with Gasteiger partial charge in [0.25, 0.3) is 5.91 Å². The van der Waals surface area contributed by atoms with Gasteiger partial charge in [-0.15, -0.1) is 0 Å². The van der Waals surface area contributed by atoms with Crippen molar-refractivity contribution in [1.82, 2.24) is 4.90 Å². The minimum Gasteiger partial charge on any atom is -0.338 e. The van der Waals surface area contributed by atoms with Crippen LogP contribution in [0, 0.1) is 11.8 Å². The number of rotatable bonds is 6. The highest BCUT2D eigenvalue weighted by Gasteiger charge is 2.00.